The van der Waals surface area contributed by atoms with Crippen LogP contribution in [0, 0.1) is 0 Å². The number of aryl methyl sites for hydroxylation is 1. The zero-order valence-corrected chi connectivity index (χ0v) is 13.0. The molecule has 20 heavy (non-hydrogen) atoms. The first-order chi connectivity index (χ1) is 9.60. The molecule has 1 aromatic heterocycles. The van der Waals surface area contributed by atoms with Crippen molar-refractivity contribution < 1.29 is 4.79 Å². The number of nitrogen functional groups attached to an aromatic ring is 1. The summed E-state index contributed by atoms with van der Waals surface area (Å²) in [5.74, 6) is -0.0482. The number of hydrogen-bond donors (Lipinski definition) is 2. The molecule has 1 amide bonds. The average Bonchev–Trinajstić information content (AvgIpc) is 2.82. The number of nitrogens with two attached hydrogens (primary N) is 1. The van der Waals surface area contributed by atoms with E-state index in [0.29, 0.717) is 12.2 Å². The molecule has 1 aromatic carbocycles. The standard InChI is InChI=1S/C15H18BrN3O/c1-2-19-10-12(16)9-14(19)15(20)18-8-7-11-3-5-13(17)6-4-11/h3-6,9-10H,2,7-8,17H2,1H3,(H,18,20). The molecule has 0 radical (unpaired) electrons. The van der Waals surface area contributed by atoms with Gasteiger partial charge in [0.2, 0.25) is 0 Å². The van der Waals surface area contributed by atoms with E-state index >= 15 is 0 Å². The van der Waals surface area contributed by atoms with Crippen molar-refractivity contribution in [3.63, 3.8) is 0 Å². The lowest BCUT2D eigenvalue weighted by Crippen LogP contribution is -2.27. The van der Waals surface area contributed by atoms with Gasteiger partial charge in [0.15, 0.2) is 0 Å². The van der Waals surface area contributed by atoms with Gasteiger partial charge in [0.05, 0.1) is 0 Å². The monoisotopic (exact) mass is 335 g/mol. The van der Waals surface area contributed by atoms with Crippen molar-refractivity contribution in [2.24, 2.45) is 0 Å². The molecule has 5 heteroatoms. The molecule has 0 aliphatic heterocycles. The Balaban J connectivity index is 1.90. The first kappa shape index (κ1) is 14.7. The van der Waals surface area contributed by atoms with Crippen LogP contribution in [0.25, 0.3) is 0 Å². The lowest BCUT2D eigenvalue weighted by atomic mass is 10.1. The van der Waals surface area contributed by atoms with Gasteiger partial charge in [-0.3, -0.25) is 4.79 Å². The third kappa shape index (κ3) is 3.63. The van der Waals surface area contributed by atoms with E-state index in [1.165, 1.54) is 0 Å². The summed E-state index contributed by atoms with van der Waals surface area (Å²) in [6, 6.07) is 9.54. The van der Waals surface area contributed by atoms with Crippen LogP contribution in [-0.4, -0.2) is 17.0 Å². The molecule has 0 aliphatic rings. The van der Waals surface area contributed by atoms with Gasteiger partial charge in [-0.25, -0.2) is 0 Å². The third-order valence-corrected chi connectivity index (χ3v) is 3.55. The summed E-state index contributed by atoms with van der Waals surface area (Å²) in [4.78, 5) is 12.1. The zero-order valence-electron chi connectivity index (χ0n) is 11.4. The Bertz CT molecular complexity index is 590. The summed E-state index contributed by atoms with van der Waals surface area (Å²) in [6.07, 6.45) is 2.70. The van der Waals surface area contributed by atoms with Crippen molar-refractivity contribution in [1.29, 1.82) is 0 Å². The van der Waals surface area contributed by atoms with E-state index in [1.54, 1.807) is 0 Å². The molecule has 0 bridgehead atoms. The quantitative estimate of drug-likeness (QED) is 0.825. The van der Waals surface area contributed by atoms with Gasteiger partial charge < -0.3 is 15.6 Å². The zero-order chi connectivity index (χ0) is 14.5. The number of hydrogen-bond acceptors (Lipinski definition) is 2. The fourth-order valence-electron chi connectivity index (χ4n) is 2.02. The van der Waals surface area contributed by atoms with E-state index in [-0.39, 0.29) is 5.91 Å². The number of anilines is 1. The van der Waals surface area contributed by atoms with Gasteiger partial charge >= 0.3 is 0 Å². The van der Waals surface area contributed by atoms with Crippen LogP contribution in [0.5, 0.6) is 0 Å². The second-order valence-corrected chi connectivity index (χ2v) is 5.49. The van der Waals surface area contributed by atoms with Gasteiger partial charge in [-0.05, 0) is 53.0 Å². The number of halogens is 1. The van der Waals surface area contributed by atoms with E-state index in [1.807, 2.05) is 48.0 Å². The van der Waals surface area contributed by atoms with Crippen LogP contribution in [0.15, 0.2) is 41.0 Å². The summed E-state index contributed by atoms with van der Waals surface area (Å²) < 4.78 is 2.84. The van der Waals surface area contributed by atoms with Crippen LogP contribution in [0.2, 0.25) is 0 Å². The minimum atomic E-state index is -0.0482. The number of carbonyl (C=O) groups excluding carboxylic acids is 1. The predicted octanol–water partition coefficient (Wildman–Crippen LogP) is 2.83. The maximum atomic E-state index is 12.1. The number of benzene rings is 1. The van der Waals surface area contributed by atoms with Gasteiger partial charge in [0, 0.05) is 29.4 Å². The van der Waals surface area contributed by atoms with Gasteiger partial charge in [-0.2, -0.15) is 0 Å². The number of aromatic nitrogens is 1. The van der Waals surface area contributed by atoms with E-state index in [4.69, 9.17) is 5.73 Å². The highest BCUT2D eigenvalue weighted by Gasteiger charge is 2.11. The molecular formula is C15H18BrN3O. The van der Waals surface area contributed by atoms with Crippen molar-refractivity contribution in [1.82, 2.24) is 9.88 Å². The maximum absolute atomic E-state index is 12.1. The van der Waals surface area contributed by atoms with Crippen LogP contribution < -0.4 is 11.1 Å². The highest BCUT2D eigenvalue weighted by molar-refractivity contribution is 9.10. The largest absolute Gasteiger partial charge is 0.399 e. The van der Waals surface area contributed by atoms with Crippen LogP contribution in [-0.2, 0) is 13.0 Å². The van der Waals surface area contributed by atoms with Gasteiger partial charge in [-0.15, -0.1) is 0 Å². The van der Waals surface area contributed by atoms with E-state index in [2.05, 4.69) is 21.2 Å². The van der Waals surface area contributed by atoms with Crippen molar-refractivity contribution in [3.8, 4) is 0 Å². The van der Waals surface area contributed by atoms with Crippen molar-refractivity contribution in [2.75, 3.05) is 12.3 Å². The Kier molecular flexibility index (Phi) is 4.84. The highest BCUT2D eigenvalue weighted by atomic mass is 79.9. The highest BCUT2D eigenvalue weighted by Crippen LogP contribution is 2.15. The summed E-state index contributed by atoms with van der Waals surface area (Å²) in [7, 11) is 0. The first-order valence-electron chi connectivity index (χ1n) is 6.58. The summed E-state index contributed by atoms with van der Waals surface area (Å²) in [6.45, 7) is 3.39. The Morgan fingerprint density at radius 2 is 2.05 bits per heavy atom. The molecule has 1 heterocycles. The van der Waals surface area contributed by atoms with Crippen molar-refractivity contribution in [2.45, 2.75) is 19.9 Å². The van der Waals surface area contributed by atoms with E-state index < -0.39 is 0 Å². The number of nitrogens with one attached hydrogen (secondary N) is 1. The number of rotatable bonds is 5. The molecule has 4 nitrogen and oxygen atoms in total. The second kappa shape index (κ2) is 6.61. The Labute approximate surface area is 127 Å². The van der Waals surface area contributed by atoms with Gasteiger partial charge in [0.1, 0.15) is 5.69 Å². The SMILES string of the molecule is CCn1cc(Br)cc1C(=O)NCCc1ccc(N)cc1. The molecule has 0 aliphatic carbocycles. The van der Waals surface area contributed by atoms with Crippen LogP contribution in [0.4, 0.5) is 5.69 Å². The third-order valence-electron chi connectivity index (χ3n) is 3.12. The lowest BCUT2D eigenvalue weighted by molar-refractivity contribution is 0.0945. The van der Waals surface area contributed by atoms with E-state index in [0.717, 1.165) is 28.7 Å². The summed E-state index contributed by atoms with van der Waals surface area (Å²) >= 11 is 3.39. The number of carbonyl (C=O) groups is 1. The minimum Gasteiger partial charge on any atom is -0.399 e. The molecule has 2 rings (SSSR count). The molecule has 0 atom stereocenters. The first-order valence-corrected chi connectivity index (χ1v) is 7.37. The fraction of sp³-hybridized carbons (Fsp3) is 0.267. The fourth-order valence-corrected chi connectivity index (χ4v) is 2.49. The Hall–Kier alpha value is -1.75. The summed E-state index contributed by atoms with van der Waals surface area (Å²) in [5, 5.41) is 2.94. The average molecular weight is 336 g/mol. The van der Waals surface area contributed by atoms with Crippen molar-refractivity contribution in [3.05, 3.63) is 52.3 Å². The van der Waals surface area contributed by atoms with Crippen LogP contribution in [0.1, 0.15) is 23.0 Å². The smallest absolute Gasteiger partial charge is 0.267 e. The maximum Gasteiger partial charge on any atom is 0.267 e. The van der Waals surface area contributed by atoms with Crippen molar-refractivity contribution >= 4 is 27.5 Å². The van der Waals surface area contributed by atoms with Crippen LogP contribution in [0.3, 0.4) is 0 Å². The number of amides is 1. The second-order valence-electron chi connectivity index (χ2n) is 4.58. The van der Waals surface area contributed by atoms with Crippen LogP contribution >= 0.6 is 15.9 Å². The Morgan fingerprint density at radius 3 is 2.70 bits per heavy atom. The number of nitrogens with zero attached hydrogens (tertiary/aromatic N) is 1. The van der Waals surface area contributed by atoms with E-state index in [9.17, 15) is 4.79 Å². The molecule has 0 saturated heterocycles. The topological polar surface area (TPSA) is 60.0 Å². The Morgan fingerprint density at radius 1 is 1.35 bits per heavy atom. The molecule has 0 spiro atoms. The van der Waals surface area contributed by atoms with Gasteiger partial charge in [0.25, 0.3) is 5.91 Å². The normalized spacial score (nSPS) is 10.5. The molecule has 2 aromatic rings. The minimum absolute atomic E-state index is 0.0482. The van der Waals surface area contributed by atoms with Gasteiger partial charge in [-0.1, -0.05) is 12.1 Å². The molecule has 0 saturated carbocycles. The molecule has 0 fully saturated rings. The molecule has 106 valence electrons. The summed E-state index contributed by atoms with van der Waals surface area (Å²) in [5.41, 5.74) is 8.23. The molecule has 3 N–H and O–H groups in total. The molecular weight excluding hydrogens is 318 g/mol. The lowest BCUT2D eigenvalue weighted by Gasteiger charge is -2.08. The predicted molar refractivity (Wildman–Crippen MR) is 84.7 cm³/mol. The molecule has 0 unspecified atom stereocenters.